The average molecular weight is 429 g/mol. The molecule has 31 heavy (non-hydrogen) atoms. The molecule has 0 N–H and O–H groups in total. The average Bonchev–Trinajstić information content (AvgIpc) is 3.13. The summed E-state index contributed by atoms with van der Waals surface area (Å²) in [4.78, 5) is 43.1. The third kappa shape index (κ3) is 3.58. The monoisotopic (exact) mass is 428 g/mol. The molecular formula is C25H33FN2O3. The molecular weight excluding hydrogens is 395 g/mol. The van der Waals surface area contributed by atoms with E-state index in [-0.39, 0.29) is 46.9 Å². The first-order valence-electron chi connectivity index (χ1n) is 11.5. The molecule has 1 aromatic rings. The van der Waals surface area contributed by atoms with E-state index in [0.29, 0.717) is 5.69 Å². The lowest BCUT2D eigenvalue weighted by molar-refractivity contribution is -0.143. The maximum atomic E-state index is 13.9. The summed E-state index contributed by atoms with van der Waals surface area (Å²) >= 11 is 0. The predicted molar refractivity (Wildman–Crippen MR) is 117 cm³/mol. The topological polar surface area (TPSA) is 57.7 Å². The third-order valence-corrected chi connectivity index (χ3v) is 8.28. The van der Waals surface area contributed by atoms with Gasteiger partial charge in [0.2, 0.25) is 11.8 Å². The number of anilines is 1. The fourth-order valence-corrected chi connectivity index (χ4v) is 5.78. The number of nitrogens with zero attached hydrogens (tertiary/aromatic N) is 2. The van der Waals surface area contributed by atoms with Gasteiger partial charge in [-0.05, 0) is 47.9 Å². The van der Waals surface area contributed by atoms with Gasteiger partial charge in [-0.3, -0.25) is 14.4 Å². The van der Waals surface area contributed by atoms with Crippen LogP contribution >= 0.6 is 0 Å². The molecule has 1 heterocycles. The Morgan fingerprint density at radius 3 is 2.03 bits per heavy atom. The van der Waals surface area contributed by atoms with Crippen LogP contribution in [0.2, 0.25) is 0 Å². The molecule has 0 spiro atoms. The zero-order chi connectivity index (χ0) is 22.6. The van der Waals surface area contributed by atoms with Crippen LogP contribution in [0.25, 0.3) is 0 Å². The fraction of sp³-hybridized carbons (Fsp3) is 0.640. The van der Waals surface area contributed by atoms with Crippen LogP contribution < -0.4 is 4.90 Å². The highest BCUT2D eigenvalue weighted by Gasteiger charge is 2.69. The van der Waals surface area contributed by atoms with E-state index >= 15 is 0 Å². The van der Waals surface area contributed by atoms with E-state index in [1.54, 1.807) is 4.90 Å². The van der Waals surface area contributed by atoms with Crippen LogP contribution in [-0.4, -0.2) is 34.7 Å². The van der Waals surface area contributed by atoms with Gasteiger partial charge in [-0.1, -0.05) is 53.4 Å². The Bertz CT molecular complexity index is 871. The highest BCUT2D eigenvalue weighted by atomic mass is 19.1. The Kier molecular flexibility index (Phi) is 5.47. The molecule has 5 nitrogen and oxygen atoms in total. The molecule has 1 aromatic carbocycles. The highest BCUT2D eigenvalue weighted by Crippen LogP contribution is 2.69. The SMILES string of the molecule is CC1(C)C(C(=O)N(C2CCCCCC2)C2CC(=O)N(c3ccc(F)cc3)C2=O)C1(C)C. The van der Waals surface area contributed by atoms with Crippen LogP contribution in [-0.2, 0) is 14.4 Å². The van der Waals surface area contributed by atoms with Crippen LogP contribution in [0.1, 0.15) is 72.6 Å². The van der Waals surface area contributed by atoms with Gasteiger partial charge in [-0.15, -0.1) is 0 Å². The van der Waals surface area contributed by atoms with Crippen molar-refractivity contribution < 1.29 is 18.8 Å². The molecule has 6 heteroatoms. The van der Waals surface area contributed by atoms with Crippen molar-refractivity contribution in [2.24, 2.45) is 16.7 Å². The van der Waals surface area contributed by atoms with Gasteiger partial charge in [0.05, 0.1) is 12.1 Å². The molecule has 168 valence electrons. The van der Waals surface area contributed by atoms with E-state index in [1.807, 2.05) is 0 Å². The molecule has 0 bridgehead atoms. The molecule has 2 saturated carbocycles. The van der Waals surface area contributed by atoms with Crippen LogP contribution in [0.3, 0.4) is 0 Å². The van der Waals surface area contributed by atoms with Gasteiger partial charge in [-0.2, -0.15) is 0 Å². The lowest BCUT2D eigenvalue weighted by atomic mass is 10.0. The lowest BCUT2D eigenvalue weighted by Gasteiger charge is -2.36. The molecule has 2 aliphatic carbocycles. The summed E-state index contributed by atoms with van der Waals surface area (Å²) in [5, 5.41) is 0. The summed E-state index contributed by atoms with van der Waals surface area (Å²) in [6.07, 6.45) is 6.06. The minimum Gasteiger partial charge on any atom is -0.327 e. The number of amides is 3. The molecule has 1 aliphatic heterocycles. The Balaban J connectivity index is 1.66. The van der Waals surface area contributed by atoms with E-state index in [4.69, 9.17) is 0 Å². The zero-order valence-electron chi connectivity index (χ0n) is 19.0. The summed E-state index contributed by atoms with van der Waals surface area (Å²) in [5.74, 6) is -1.28. The maximum absolute atomic E-state index is 13.9. The van der Waals surface area contributed by atoms with Crippen LogP contribution in [0, 0.1) is 22.6 Å². The number of imide groups is 1. The van der Waals surface area contributed by atoms with Crippen molar-refractivity contribution in [1.82, 2.24) is 4.90 Å². The summed E-state index contributed by atoms with van der Waals surface area (Å²) < 4.78 is 13.4. The molecule has 0 radical (unpaired) electrons. The van der Waals surface area contributed by atoms with Crippen molar-refractivity contribution in [2.45, 2.75) is 84.7 Å². The molecule has 3 amide bonds. The van der Waals surface area contributed by atoms with E-state index in [0.717, 1.165) is 43.4 Å². The second-order valence-electron chi connectivity index (χ2n) is 10.5. The van der Waals surface area contributed by atoms with E-state index in [9.17, 15) is 18.8 Å². The van der Waals surface area contributed by atoms with Gasteiger partial charge in [0.15, 0.2) is 0 Å². The standard InChI is InChI=1S/C25H33FN2O3/c1-24(2)21(25(24,3)4)23(31)27(17-9-7-5-6-8-10-17)19-15-20(29)28(22(19)30)18-13-11-16(26)12-14-18/h11-14,17,19,21H,5-10,15H2,1-4H3. The number of carbonyl (C=O) groups is 3. The first-order valence-corrected chi connectivity index (χ1v) is 11.5. The molecule has 3 aliphatic rings. The lowest BCUT2D eigenvalue weighted by Crippen LogP contribution is -2.52. The number of carbonyl (C=O) groups excluding carboxylic acids is 3. The Labute approximate surface area is 184 Å². The first kappa shape index (κ1) is 22.0. The largest absolute Gasteiger partial charge is 0.327 e. The third-order valence-electron chi connectivity index (χ3n) is 8.28. The van der Waals surface area contributed by atoms with Crippen LogP contribution in [0.15, 0.2) is 24.3 Å². The number of halogens is 1. The molecule has 1 atom stereocenters. The Hall–Kier alpha value is -2.24. The van der Waals surface area contributed by atoms with Crippen molar-refractivity contribution >= 4 is 23.4 Å². The minimum absolute atomic E-state index is 0.00791. The molecule has 1 unspecified atom stereocenters. The van der Waals surface area contributed by atoms with Gasteiger partial charge in [0.25, 0.3) is 5.91 Å². The van der Waals surface area contributed by atoms with Gasteiger partial charge in [0, 0.05) is 12.0 Å². The van der Waals surface area contributed by atoms with E-state index < -0.39 is 11.9 Å². The Morgan fingerprint density at radius 1 is 0.968 bits per heavy atom. The quantitative estimate of drug-likeness (QED) is 0.516. The van der Waals surface area contributed by atoms with E-state index in [1.165, 1.54) is 24.3 Å². The number of hydrogen-bond acceptors (Lipinski definition) is 3. The predicted octanol–water partition coefficient (Wildman–Crippen LogP) is 4.69. The molecule has 3 fully saturated rings. The second kappa shape index (κ2) is 7.72. The maximum Gasteiger partial charge on any atom is 0.257 e. The normalized spacial score (nSPS) is 26.1. The summed E-state index contributed by atoms with van der Waals surface area (Å²) in [5.41, 5.74) is 0.0734. The van der Waals surface area contributed by atoms with Crippen molar-refractivity contribution in [3.05, 3.63) is 30.1 Å². The van der Waals surface area contributed by atoms with Crippen molar-refractivity contribution in [3.8, 4) is 0 Å². The summed E-state index contributed by atoms with van der Waals surface area (Å²) in [7, 11) is 0. The van der Waals surface area contributed by atoms with Crippen molar-refractivity contribution in [1.29, 1.82) is 0 Å². The second-order valence-corrected chi connectivity index (χ2v) is 10.5. The summed E-state index contributed by atoms with van der Waals surface area (Å²) in [6, 6.07) is 4.58. The number of benzene rings is 1. The van der Waals surface area contributed by atoms with Crippen molar-refractivity contribution in [2.75, 3.05) is 4.90 Å². The Morgan fingerprint density at radius 2 is 1.52 bits per heavy atom. The van der Waals surface area contributed by atoms with Gasteiger partial charge in [0.1, 0.15) is 11.9 Å². The molecule has 0 aromatic heterocycles. The van der Waals surface area contributed by atoms with Gasteiger partial charge in [-0.25, -0.2) is 9.29 Å². The first-order chi connectivity index (χ1) is 14.6. The van der Waals surface area contributed by atoms with Gasteiger partial charge < -0.3 is 4.90 Å². The molecule has 4 rings (SSSR count). The van der Waals surface area contributed by atoms with E-state index in [2.05, 4.69) is 27.7 Å². The molecule has 1 saturated heterocycles. The van der Waals surface area contributed by atoms with Gasteiger partial charge >= 0.3 is 0 Å². The van der Waals surface area contributed by atoms with Crippen LogP contribution in [0.5, 0.6) is 0 Å². The summed E-state index contributed by atoms with van der Waals surface area (Å²) in [6.45, 7) is 8.42. The zero-order valence-corrected chi connectivity index (χ0v) is 19.0. The highest BCUT2D eigenvalue weighted by molar-refractivity contribution is 6.23. The smallest absolute Gasteiger partial charge is 0.257 e. The number of hydrogen-bond donors (Lipinski definition) is 0. The fourth-order valence-electron chi connectivity index (χ4n) is 5.78. The van der Waals surface area contributed by atoms with Crippen LogP contribution in [0.4, 0.5) is 10.1 Å². The van der Waals surface area contributed by atoms with Crippen molar-refractivity contribution in [3.63, 3.8) is 0 Å². The minimum atomic E-state index is -0.777. The number of rotatable bonds is 4.